The van der Waals surface area contributed by atoms with Gasteiger partial charge in [-0.1, -0.05) is 32.3 Å². The zero-order valence-electron chi connectivity index (χ0n) is 11.9. The molecular weight excluding hydrogens is 224 g/mol. The van der Waals surface area contributed by atoms with Crippen LogP contribution in [0.1, 0.15) is 45.2 Å². The van der Waals surface area contributed by atoms with Crippen molar-refractivity contribution in [3.63, 3.8) is 0 Å². The Labute approximate surface area is 110 Å². The Bertz CT molecular complexity index is 398. The molecule has 1 rings (SSSR count). The summed E-state index contributed by atoms with van der Waals surface area (Å²) in [5, 5.41) is 3.48. The number of hydrogen-bond donors (Lipinski definition) is 1. The standard InChI is InChI=1S/C15H26N2O/c1-4-5-6-8-13(2)16-11-12-17-14(3)9-7-10-15(17)18/h7,9-10,13,16H,4-6,8,11-12H2,1-3H3. The Morgan fingerprint density at radius 3 is 2.78 bits per heavy atom. The van der Waals surface area contributed by atoms with Crippen LogP contribution in [0.5, 0.6) is 0 Å². The first-order valence-corrected chi connectivity index (χ1v) is 7.05. The third-order valence-electron chi connectivity index (χ3n) is 3.34. The number of pyridine rings is 1. The maximum Gasteiger partial charge on any atom is 0.250 e. The monoisotopic (exact) mass is 250 g/mol. The molecule has 0 saturated heterocycles. The third-order valence-corrected chi connectivity index (χ3v) is 3.34. The predicted molar refractivity (Wildman–Crippen MR) is 77.0 cm³/mol. The normalized spacial score (nSPS) is 12.6. The minimum atomic E-state index is 0.0930. The van der Waals surface area contributed by atoms with Gasteiger partial charge in [0.1, 0.15) is 0 Å². The molecule has 1 N–H and O–H groups in total. The average molecular weight is 250 g/mol. The lowest BCUT2D eigenvalue weighted by atomic mass is 10.1. The second kappa shape index (κ2) is 8.09. The molecule has 1 heterocycles. The Kier molecular flexibility index (Phi) is 6.73. The molecule has 0 bridgehead atoms. The van der Waals surface area contributed by atoms with Crippen molar-refractivity contribution in [2.24, 2.45) is 0 Å². The van der Waals surface area contributed by atoms with Gasteiger partial charge in [0.05, 0.1) is 0 Å². The first-order chi connectivity index (χ1) is 8.65. The second-order valence-corrected chi connectivity index (χ2v) is 5.01. The van der Waals surface area contributed by atoms with Crippen LogP contribution < -0.4 is 10.9 Å². The van der Waals surface area contributed by atoms with Gasteiger partial charge in [-0.2, -0.15) is 0 Å². The van der Waals surface area contributed by atoms with Crippen LogP contribution in [0, 0.1) is 6.92 Å². The number of nitrogens with zero attached hydrogens (tertiary/aromatic N) is 1. The number of nitrogens with one attached hydrogen (secondary N) is 1. The smallest absolute Gasteiger partial charge is 0.250 e. The molecule has 0 amide bonds. The molecule has 0 fully saturated rings. The van der Waals surface area contributed by atoms with Gasteiger partial charge in [0.25, 0.3) is 5.56 Å². The molecule has 0 aliphatic rings. The minimum absolute atomic E-state index is 0.0930. The lowest BCUT2D eigenvalue weighted by Gasteiger charge is -2.15. The first-order valence-electron chi connectivity index (χ1n) is 7.05. The van der Waals surface area contributed by atoms with E-state index in [-0.39, 0.29) is 5.56 Å². The van der Waals surface area contributed by atoms with Gasteiger partial charge >= 0.3 is 0 Å². The molecule has 0 aliphatic carbocycles. The minimum Gasteiger partial charge on any atom is -0.312 e. The van der Waals surface area contributed by atoms with E-state index in [1.807, 2.05) is 23.6 Å². The van der Waals surface area contributed by atoms with Crippen LogP contribution in [0.3, 0.4) is 0 Å². The Morgan fingerprint density at radius 1 is 1.33 bits per heavy atom. The van der Waals surface area contributed by atoms with Crippen molar-refractivity contribution < 1.29 is 0 Å². The van der Waals surface area contributed by atoms with E-state index in [0.29, 0.717) is 6.04 Å². The van der Waals surface area contributed by atoms with Crippen molar-refractivity contribution in [3.05, 3.63) is 34.2 Å². The third kappa shape index (κ3) is 5.05. The molecule has 0 saturated carbocycles. The lowest BCUT2D eigenvalue weighted by molar-refractivity contribution is 0.465. The Morgan fingerprint density at radius 2 is 2.11 bits per heavy atom. The van der Waals surface area contributed by atoms with E-state index in [1.54, 1.807) is 6.07 Å². The quantitative estimate of drug-likeness (QED) is 0.720. The molecule has 3 nitrogen and oxygen atoms in total. The number of hydrogen-bond acceptors (Lipinski definition) is 2. The number of aryl methyl sites for hydroxylation is 1. The molecule has 1 aromatic rings. The van der Waals surface area contributed by atoms with Crippen LogP contribution in [-0.4, -0.2) is 17.2 Å². The summed E-state index contributed by atoms with van der Waals surface area (Å²) in [6.45, 7) is 8.03. The van der Waals surface area contributed by atoms with Gasteiger partial charge in [0.2, 0.25) is 0 Å². The summed E-state index contributed by atoms with van der Waals surface area (Å²) in [6.07, 6.45) is 5.08. The summed E-state index contributed by atoms with van der Waals surface area (Å²) in [4.78, 5) is 11.7. The molecule has 0 spiro atoms. The highest BCUT2D eigenvalue weighted by Crippen LogP contribution is 2.02. The summed E-state index contributed by atoms with van der Waals surface area (Å²) >= 11 is 0. The van der Waals surface area contributed by atoms with Gasteiger partial charge in [-0.3, -0.25) is 4.79 Å². The van der Waals surface area contributed by atoms with Crippen LogP contribution in [0.25, 0.3) is 0 Å². The molecule has 3 heteroatoms. The number of aromatic nitrogens is 1. The molecule has 102 valence electrons. The highest BCUT2D eigenvalue weighted by Gasteiger charge is 2.02. The molecular formula is C15H26N2O. The topological polar surface area (TPSA) is 34.0 Å². The molecule has 0 aliphatic heterocycles. The van der Waals surface area contributed by atoms with Crippen molar-refractivity contribution in [1.29, 1.82) is 0 Å². The molecule has 0 aromatic carbocycles. The van der Waals surface area contributed by atoms with Gasteiger partial charge < -0.3 is 9.88 Å². The van der Waals surface area contributed by atoms with Gasteiger partial charge in [0.15, 0.2) is 0 Å². The van der Waals surface area contributed by atoms with Crippen molar-refractivity contribution in [2.75, 3.05) is 6.54 Å². The summed E-state index contributed by atoms with van der Waals surface area (Å²) in [5.74, 6) is 0. The van der Waals surface area contributed by atoms with Crippen molar-refractivity contribution in [1.82, 2.24) is 9.88 Å². The van der Waals surface area contributed by atoms with Crippen molar-refractivity contribution in [3.8, 4) is 0 Å². The second-order valence-electron chi connectivity index (χ2n) is 5.01. The lowest BCUT2D eigenvalue weighted by Crippen LogP contribution is -2.32. The van der Waals surface area contributed by atoms with E-state index >= 15 is 0 Å². The van der Waals surface area contributed by atoms with Crippen LogP contribution >= 0.6 is 0 Å². The maximum atomic E-state index is 11.7. The molecule has 1 unspecified atom stereocenters. The summed E-state index contributed by atoms with van der Waals surface area (Å²) < 4.78 is 1.83. The first kappa shape index (κ1) is 15.0. The Hall–Kier alpha value is -1.09. The van der Waals surface area contributed by atoms with Crippen LogP contribution in [0.2, 0.25) is 0 Å². The van der Waals surface area contributed by atoms with E-state index in [0.717, 1.165) is 18.8 Å². The average Bonchev–Trinajstić information content (AvgIpc) is 2.33. The highest BCUT2D eigenvalue weighted by molar-refractivity contribution is 5.04. The van der Waals surface area contributed by atoms with E-state index in [9.17, 15) is 4.79 Å². The fourth-order valence-corrected chi connectivity index (χ4v) is 2.14. The SMILES string of the molecule is CCCCCC(C)NCCn1c(C)cccc1=O. The zero-order valence-corrected chi connectivity index (χ0v) is 11.9. The largest absolute Gasteiger partial charge is 0.312 e. The molecule has 1 aromatic heterocycles. The fraction of sp³-hybridized carbons (Fsp3) is 0.667. The van der Waals surface area contributed by atoms with Crippen molar-refractivity contribution in [2.45, 2.75) is 59.0 Å². The van der Waals surface area contributed by atoms with Crippen molar-refractivity contribution >= 4 is 0 Å². The van der Waals surface area contributed by atoms with E-state index in [2.05, 4.69) is 19.2 Å². The van der Waals surface area contributed by atoms with Crippen LogP contribution in [-0.2, 0) is 6.54 Å². The summed E-state index contributed by atoms with van der Waals surface area (Å²) in [5.41, 5.74) is 1.12. The van der Waals surface area contributed by atoms with E-state index in [1.165, 1.54) is 25.7 Å². The van der Waals surface area contributed by atoms with Gasteiger partial charge in [-0.25, -0.2) is 0 Å². The maximum absolute atomic E-state index is 11.7. The van der Waals surface area contributed by atoms with Crippen LogP contribution in [0.15, 0.2) is 23.0 Å². The van der Waals surface area contributed by atoms with Gasteiger partial charge in [0, 0.05) is 30.9 Å². The highest BCUT2D eigenvalue weighted by atomic mass is 16.1. The van der Waals surface area contributed by atoms with E-state index < -0.39 is 0 Å². The Balaban J connectivity index is 2.31. The number of unbranched alkanes of at least 4 members (excludes halogenated alkanes) is 2. The summed E-state index contributed by atoms with van der Waals surface area (Å²) in [6, 6.07) is 5.95. The van der Waals surface area contributed by atoms with Gasteiger partial charge in [-0.05, 0) is 26.3 Å². The van der Waals surface area contributed by atoms with E-state index in [4.69, 9.17) is 0 Å². The summed E-state index contributed by atoms with van der Waals surface area (Å²) in [7, 11) is 0. The molecule has 1 atom stereocenters. The molecule has 18 heavy (non-hydrogen) atoms. The van der Waals surface area contributed by atoms with Crippen LogP contribution in [0.4, 0.5) is 0 Å². The zero-order chi connectivity index (χ0) is 13.4. The number of rotatable bonds is 8. The molecule has 0 radical (unpaired) electrons. The fourth-order valence-electron chi connectivity index (χ4n) is 2.14. The van der Waals surface area contributed by atoms with Gasteiger partial charge in [-0.15, -0.1) is 0 Å². The predicted octanol–water partition coefficient (Wildman–Crippen LogP) is 2.72.